The zero-order valence-electron chi connectivity index (χ0n) is 7.67. The maximum Gasteiger partial charge on any atom is 0.0571 e. The second kappa shape index (κ2) is 2.01. The Morgan fingerprint density at radius 3 is 2.27 bits per heavy atom. The van der Waals surface area contributed by atoms with E-state index in [1.807, 2.05) is 0 Å². The molecule has 0 radical (unpaired) electrons. The highest BCUT2D eigenvalue weighted by Crippen LogP contribution is 2.61. The van der Waals surface area contributed by atoms with E-state index in [0.717, 1.165) is 18.3 Å². The Morgan fingerprint density at radius 2 is 1.91 bits per heavy atom. The van der Waals surface area contributed by atoms with E-state index in [2.05, 4.69) is 20.8 Å². The second-order valence-electron chi connectivity index (χ2n) is 5.02. The van der Waals surface area contributed by atoms with Gasteiger partial charge >= 0.3 is 0 Å². The van der Waals surface area contributed by atoms with Crippen LogP contribution in [-0.2, 0) is 0 Å². The zero-order chi connectivity index (χ0) is 8.22. The third kappa shape index (κ3) is 0.807. The monoisotopic (exact) mass is 154 g/mol. The van der Waals surface area contributed by atoms with Crippen LogP contribution in [0.5, 0.6) is 0 Å². The molecule has 1 heteroatoms. The van der Waals surface area contributed by atoms with E-state index in [0.29, 0.717) is 11.3 Å². The summed E-state index contributed by atoms with van der Waals surface area (Å²) in [5.74, 6) is 2.13. The van der Waals surface area contributed by atoms with Crippen LogP contribution in [0.15, 0.2) is 0 Å². The molecule has 11 heavy (non-hydrogen) atoms. The molecule has 64 valence electrons. The number of rotatable bonds is 0. The van der Waals surface area contributed by atoms with Crippen molar-refractivity contribution in [2.45, 2.75) is 39.7 Å². The van der Waals surface area contributed by atoms with Gasteiger partial charge in [0.15, 0.2) is 0 Å². The molecule has 3 fully saturated rings. The normalized spacial score (nSPS) is 53.5. The zero-order valence-corrected chi connectivity index (χ0v) is 7.67. The second-order valence-corrected chi connectivity index (χ2v) is 5.02. The molecule has 2 bridgehead atoms. The molecule has 1 nitrogen and oxygen atoms in total. The molecule has 0 aromatic carbocycles. The van der Waals surface area contributed by atoms with Gasteiger partial charge in [0.2, 0.25) is 0 Å². The number of fused-ring (bicyclic) bond motifs is 2. The van der Waals surface area contributed by atoms with Crippen molar-refractivity contribution >= 4 is 0 Å². The SMILES string of the molecule is C[C@H]1[C@@H](O)C[C@H]2C[C@@H]1C2(C)C. The Hall–Kier alpha value is -0.0400. The minimum absolute atomic E-state index is 0.00762. The third-order valence-corrected chi connectivity index (χ3v) is 4.31. The molecular weight excluding hydrogens is 136 g/mol. The summed E-state index contributed by atoms with van der Waals surface area (Å²) in [7, 11) is 0. The van der Waals surface area contributed by atoms with E-state index in [4.69, 9.17) is 0 Å². The van der Waals surface area contributed by atoms with Crippen molar-refractivity contribution in [1.29, 1.82) is 0 Å². The minimum Gasteiger partial charge on any atom is -0.393 e. The van der Waals surface area contributed by atoms with Crippen LogP contribution in [0.2, 0.25) is 0 Å². The molecule has 0 aliphatic heterocycles. The van der Waals surface area contributed by atoms with Gasteiger partial charge in [-0.1, -0.05) is 20.8 Å². The van der Waals surface area contributed by atoms with E-state index in [9.17, 15) is 5.11 Å². The molecule has 3 rings (SSSR count). The first-order valence-electron chi connectivity index (χ1n) is 4.71. The van der Waals surface area contributed by atoms with E-state index < -0.39 is 0 Å². The highest BCUT2D eigenvalue weighted by Gasteiger charge is 2.55. The summed E-state index contributed by atoms with van der Waals surface area (Å²) < 4.78 is 0. The summed E-state index contributed by atoms with van der Waals surface area (Å²) in [6.45, 7) is 6.91. The van der Waals surface area contributed by atoms with Gasteiger partial charge in [-0.3, -0.25) is 0 Å². The molecule has 3 aliphatic rings. The van der Waals surface area contributed by atoms with Crippen LogP contribution in [-0.4, -0.2) is 11.2 Å². The third-order valence-electron chi connectivity index (χ3n) is 4.31. The predicted molar refractivity (Wildman–Crippen MR) is 45.2 cm³/mol. The average Bonchev–Trinajstić information content (AvgIpc) is 1.93. The lowest BCUT2D eigenvalue weighted by molar-refractivity contribution is -0.154. The Labute approximate surface area is 68.8 Å². The molecule has 0 amide bonds. The molecule has 0 aromatic rings. The van der Waals surface area contributed by atoms with Gasteiger partial charge in [0.05, 0.1) is 6.10 Å². The van der Waals surface area contributed by atoms with Crippen LogP contribution in [0.4, 0.5) is 0 Å². The highest BCUT2D eigenvalue weighted by atomic mass is 16.3. The lowest BCUT2D eigenvalue weighted by atomic mass is 9.45. The van der Waals surface area contributed by atoms with Crippen LogP contribution < -0.4 is 0 Å². The van der Waals surface area contributed by atoms with Gasteiger partial charge in [-0.2, -0.15) is 0 Å². The van der Waals surface area contributed by atoms with Crippen molar-refractivity contribution in [3.63, 3.8) is 0 Å². The number of hydrogen-bond acceptors (Lipinski definition) is 1. The van der Waals surface area contributed by atoms with Gasteiger partial charge in [0, 0.05) is 0 Å². The molecule has 0 unspecified atom stereocenters. The lowest BCUT2D eigenvalue weighted by Crippen LogP contribution is -2.56. The van der Waals surface area contributed by atoms with Gasteiger partial charge in [-0.25, -0.2) is 0 Å². The maximum atomic E-state index is 9.61. The Morgan fingerprint density at radius 1 is 1.27 bits per heavy atom. The van der Waals surface area contributed by atoms with Crippen molar-refractivity contribution in [3.05, 3.63) is 0 Å². The van der Waals surface area contributed by atoms with E-state index in [1.165, 1.54) is 6.42 Å². The minimum atomic E-state index is -0.00762. The Bertz CT molecular complexity index is 174. The Balaban J connectivity index is 2.17. The van der Waals surface area contributed by atoms with Gasteiger partial charge < -0.3 is 5.11 Å². The smallest absolute Gasteiger partial charge is 0.0571 e. The maximum absolute atomic E-state index is 9.61. The first kappa shape index (κ1) is 7.60. The Kier molecular flexibility index (Phi) is 1.39. The van der Waals surface area contributed by atoms with E-state index >= 15 is 0 Å². The molecule has 0 spiro atoms. The number of aliphatic hydroxyl groups is 1. The van der Waals surface area contributed by atoms with Crippen LogP contribution in [0.3, 0.4) is 0 Å². The van der Waals surface area contributed by atoms with E-state index in [1.54, 1.807) is 0 Å². The summed E-state index contributed by atoms with van der Waals surface area (Å²) in [5, 5.41) is 9.61. The van der Waals surface area contributed by atoms with Crippen molar-refractivity contribution < 1.29 is 5.11 Å². The molecular formula is C10H18O. The first-order chi connectivity index (χ1) is 5.03. The molecule has 3 aliphatic carbocycles. The van der Waals surface area contributed by atoms with Crippen molar-refractivity contribution in [3.8, 4) is 0 Å². The van der Waals surface area contributed by atoms with Crippen LogP contribution in [0, 0.1) is 23.2 Å². The summed E-state index contributed by atoms with van der Waals surface area (Å²) in [6.07, 6.45) is 2.40. The molecule has 4 atom stereocenters. The van der Waals surface area contributed by atoms with Crippen LogP contribution >= 0.6 is 0 Å². The molecule has 0 aromatic heterocycles. The van der Waals surface area contributed by atoms with Gasteiger partial charge in [0.25, 0.3) is 0 Å². The van der Waals surface area contributed by atoms with Crippen molar-refractivity contribution in [1.82, 2.24) is 0 Å². The first-order valence-corrected chi connectivity index (χ1v) is 4.71. The van der Waals surface area contributed by atoms with Gasteiger partial charge in [0.1, 0.15) is 0 Å². The molecule has 1 N–H and O–H groups in total. The molecule has 0 heterocycles. The van der Waals surface area contributed by atoms with Crippen LogP contribution in [0.1, 0.15) is 33.6 Å². The summed E-state index contributed by atoms with van der Waals surface area (Å²) in [5.41, 5.74) is 0.526. The fourth-order valence-electron chi connectivity index (χ4n) is 3.12. The molecule has 3 saturated carbocycles. The van der Waals surface area contributed by atoms with Crippen LogP contribution in [0.25, 0.3) is 0 Å². The standard InChI is InChI=1S/C10H18O/c1-6-8-4-7(5-9(6)11)10(8,2)3/h6-9,11H,4-5H2,1-3H3/t6-,7-,8+,9+/m1/s1. The molecule has 0 saturated heterocycles. The quantitative estimate of drug-likeness (QED) is 0.566. The fraction of sp³-hybridized carbons (Fsp3) is 1.00. The fourth-order valence-corrected chi connectivity index (χ4v) is 3.12. The van der Waals surface area contributed by atoms with Crippen molar-refractivity contribution in [2.24, 2.45) is 23.2 Å². The lowest BCUT2D eigenvalue weighted by Gasteiger charge is -2.61. The predicted octanol–water partition coefficient (Wildman–Crippen LogP) is 2.05. The highest BCUT2D eigenvalue weighted by molar-refractivity contribution is 5.04. The van der Waals surface area contributed by atoms with Crippen molar-refractivity contribution in [2.75, 3.05) is 0 Å². The summed E-state index contributed by atoms with van der Waals surface area (Å²) >= 11 is 0. The number of aliphatic hydroxyl groups excluding tert-OH is 1. The largest absolute Gasteiger partial charge is 0.393 e. The van der Waals surface area contributed by atoms with E-state index in [-0.39, 0.29) is 6.10 Å². The summed E-state index contributed by atoms with van der Waals surface area (Å²) in [4.78, 5) is 0. The number of hydrogen-bond donors (Lipinski definition) is 1. The summed E-state index contributed by atoms with van der Waals surface area (Å²) in [6, 6.07) is 0. The topological polar surface area (TPSA) is 20.2 Å². The van der Waals surface area contributed by atoms with Gasteiger partial charge in [-0.15, -0.1) is 0 Å². The van der Waals surface area contributed by atoms with Gasteiger partial charge in [-0.05, 0) is 36.0 Å². The average molecular weight is 154 g/mol.